The van der Waals surface area contributed by atoms with Crippen LogP contribution in [0.1, 0.15) is 86.4 Å². The van der Waals surface area contributed by atoms with Crippen LogP contribution in [-0.4, -0.2) is 18.0 Å². The summed E-state index contributed by atoms with van der Waals surface area (Å²) >= 11 is 2.47. The van der Waals surface area contributed by atoms with Gasteiger partial charge in [-0.15, -0.1) is 0 Å². The van der Waals surface area contributed by atoms with Crippen molar-refractivity contribution in [1.29, 1.82) is 0 Å². The SMILES string of the molecule is CCCCc1ccc2c(c1)c1cc(I)ccc1n2-c1ccc(-c2cc3c4c(c2)B2c5ccccc5C(C)(C)c5c(C)ccc(c52)N4c2ccc(C)c4c2B3c2ccccc2C4(C)C)cc1. The van der Waals surface area contributed by atoms with Crippen LogP contribution < -0.4 is 37.7 Å². The van der Waals surface area contributed by atoms with Gasteiger partial charge in [0.2, 0.25) is 13.4 Å². The summed E-state index contributed by atoms with van der Waals surface area (Å²) in [6.45, 7) is 17.0. The molecule has 0 saturated carbocycles. The van der Waals surface area contributed by atoms with Gasteiger partial charge in [0.05, 0.1) is 11.0 Å². The first kappa shape index (κ1) is 39.6. The van der Waals surface area contributed by atoms with Gasteiger partial charge in [-0.05, 0) is 176 Å². The lowest BCUT2D eigenvalue weighted by molar-refractivity contribution is 0.640. The Morgan fingerprint density at radius 1 is 0.538 bits per heavy atom. The first-order chi connectivity index (χ1) is 31.5. The second-order valence-electron chi connectivity index (χ2n) is 20.5. The van der Waals surface area contributed by atoms with Crippen LogP contribution in [0.15, 0.2) is 146 Å². The maximum absolute atomic E-state index is 2.70. The maximum atomic E-state index is 2.70. The normalized spacial score (nSPS) is 15.4. The van der Waals surface area contributed by atoms with Gasteiger partial charge in [-0.1, -0.05) is 143 Å². The Kier molecular flexibility index (Phi) is 8.45. The van der Waals surface area contributed by atoms with Crippen molar-refractivity contribution in [3.8, 4) is 16.8 Å². The van der Waals surface area contributed by atoms with E-state index in [0.29, 0.717) is 0 Å². The fourth-order valence-corrected chi connectivity index (χ4v) is 14.0. The molecule has 1 aromatic heterocycles. The van der Waals surface area contributed by atoms with E-state index in [9.17, 15) is 0 Å². The van der Waals surface area contributed by atoms with Crippen LogP contribution in [0, 0.1) is 17.4 Å². The van der Waals surface area contributed by atoms with E-state index in [1.807, 2.05) is 0 Å². The van der Waals surface area contributed by atoms with Crippen molar-refractivity contribution in [2.24, 2.45) is 0 Å². The van der Waals surface area contributed by atoms with Gasteiger partial charge < -0.3 is 9.47 Å². The summed E-state index contributed by atoms with van der Waals surface area (Å²) in [5.41, 5.74) is 28.6. The van der Waals surface area contributed by atoms with E-state index in [0.717, 1.165) is 6.42 Å². The highest BCUT2D eigenvalue weighted by molar-refractivity contribution is 14.1. The van der Waals surface area contributed by atoms with Crippen molar-refractivity contribution in [3.63, 3.8) is 0 Å². The molecule has 0 N–H and O–H groups in total. The molecule has 65 heavy (non-hydrogen) atoms. The van der Waals surface area contributed by atoms with Crippen LogP contribution in [-0.2, 0) is 17.3 Å². The molecule has 0 amide bonds. The second kappa shape index (κ2) is 13.9. The van der Waals surface area contributed by atoms with Gasteiger partial charge in [0.25, 0.3) is 0 Å². The Hall–Kier alpha value is -5.78. The number of aryl methyl sites for hydroxylation is 3. The van der Waals surface area contributed by atoms with Gasteiger partial charge in [0.15, 0.2) is 0 Å². The largest absolute Gasteiger partial charge is 0.313 e. The number of hydrogen-bond donors (Lipinski definition) is 0. The first-order valence-electron chi connectivity index (χ1n) is 23.8. The molecule has 4 aliphatic heterocycles. The maximum Gasteiger partial charge on any atom is 0.247 e. The highest BCUT2D eigenvalue weighted by atomic mass is 127. The zero-order chi connectivity index (χ0) is 44.3. The number of aromatic nitrogens is 1. The van der Waals surface area contributed by atoms with E-state index < -0.39 is 0 Å². The van der Waals surface area contributed by atoms with Crippen LogP contribution in [0.4, 0.5) is 17.1 Å². The average molecular weight is 949 g/mol. The Morgan fingerprint density at radius 2 is 1.08 bits per heavy atom. The molecule has 0 spiro atoms. The number of rotatable bonds is 5. The summed E-state index contributed by atoms with van der Waals surface area (Å²) in [6, 6.07) is 57.1. The molecule has 0 aliphatic carbocycles. The number of benzene rings is 8. The minimum Gasteiger partial charge on any atom is -0.313 e. The fraction of sp³-hybridized carbons (Fsp3) is 0.200. The van der Waals surface area contributed by atoms with E-state index in [2.05, 4.69) is 226 Å². The van der Waals surface area contributed by atoms with Gasteiger partial charge >= 0.3 is 0 Å². The number of unbranched alkanes of at least 4 members (excludes halogenated alkanes) is 1. The van der Waals surface area contributed by atoms with Gasteiger partial charge in [0, 0.05) is 47.9 Å². The van der Waals surface area contributed by atoms with Crippen LogP contribution in [0.3, 0.4) is 0 Å². The average Bonchev–Trinajstić information content (AvgIpc) is 3.62. The third-order valence-corrected chi connectivity index (χ3v) is 16.8. The minimum atomic E-state index is -0.148. The lowest BCUT2D eigenvalue weighted by Crippen LogP contribution is -2.70. The van der Waals surface area contributed by atoms with E-state index in [4.69, 9.17) is 0 Å². The van der Waals surface area contributed by atoms with Gasteiger partial charge in [-0.3, -0.25) is 0 Å². The lowest BCUT2D eigenvalue weighted by atomic mass is 9.26. The van der Waals surface area contributed by atoms with Gasteiger partial charge in [0.1, 0.15) is 0 Å². The summed E-state index contributed by atoms with van der Waals surface area (Å²) in [4.78, 5) is 2.70. The molecule has 5 heteroatoms. The molecule has 2 nitrogen and oxygen atoms in total. The molecule has 0 saturated heterocycles. The Morgan fingerprint density at radius 3 is 1.65 bits per heavy atom. The molecule has 13 rings (SSSR count). The molecule has 9 aromatic rings. The van der Waals surface area contributed by atoms with Crippen molar-refractivity contribution < 1.29 is 0 Å². The van der Waals surface area contributed by atoms with Crippen LogP contribution in [0.25, 0.3) is 38.6 Å². The molecule has 0 bridgehead atoms. The molecule has 4 aliphatic rings. The van der Waals surface area contributed by atoms with Gasteiger partial charge in [-0.25, -0.2) is 0 Å². The third kappa shape index (κ3) is 5.31. The van der Waals surface area contributed by atoms with Crippen LogP contribution >= 0.6 is 22.6 Å². The van der Waals surface area contributed by atoms with Gasteiger partial charge in [-0.2, -0.15) is 0 Å². The van der Waals surface area contributed by atoms with E-state index in [-0.39, 0.29) is 24.3 Å². The quantitative estimate of drug-likeness (QED) is 0.123. The molecule has 314 valence electrons. The monoisotopic (exact) mass is 948 g/mol. The standard InChI is InChI=1S/C60H51B2IN2/c1-8-9-14-37-21-29-50-42(31-37)43-34-40(63)24-30-51(43)64(50)41-25-22-38(23-26-41)39-32-48-58-49(33-39)62-47-18-13-11-16-45(47)60(6,7)55-36(3)20-28-53(57(55)62)65(58)52-27-19-35(2)54-56(52)61(48)46-17-12-10-15-44(46)59(54,4)5/h10-13,15-34H,8-9,14H2,1-7H3. The third-order valence-electron chi connectivity index (χ3n) is 16.1. The second-order valence-corrected chi connectivity index (χ2v) is 21.8. The smallest absolute Gasteiger partial charge is 0.247 e. The van der Waals surface area contributed by atoms with E-state index in [1.165, 1.54) is 144 Å². The fourth-order valence-electron chi connectivity index (χ4n) is 13.5. The first-order valence-corrected chi connectivity index (χ1v) is 24.8. The van der Waals surface area contributed by atoms with Crippen LogP contribution in [0.2, 0.25) is 0 Å². The number of nitrogens with zero attached hydrogens (tertiary/aromatic N) is 2. The Bertz CT molecular complexity index is 3400. The summed E-state index contributed by atoms with van der Waals surface area (Å²) in [7, 11) is 0. The summed E-state index contributed by atoms with van der Waals surface area (Å²) in [5.74, 6) is 0. The van der Waals surface area contributed by atoms with Crippen molar-refractivity contribution in [3.05, 3.63) is 188 Å². The molecule has 5 heterocycles. The Balaban J connectivity index is 1.07. The molecular weight excluding hydrogens is 897 g/mol. The highest BCUT2D eigenvalue weighted by Gasteiger charge is 2.52. The lowest BCUT2D eigenvalue weighted by Gasteiger charge is -2.51. The number of anilines is 3. The molecule has 8 aromatic carbocycles. The molecule has 0 radical (unpaired) electrons. The summed E-state index contributed by atoms with van der Waals surface area (Å²) < 4.78 is 3.74. The number of halogens is 1. The highest BCUT2D eigenvalue weighted by Crippen LogP contribution is 2.48. The Labute approximate surface area is 398 Å². The van der Waals surface area contributed by atoms with Crippen LogP contribution in [0.5, 0.6) is 0 Å². The predicted octanol–water partition coefficient (Wildman–Crippen LogP) is 11.4. The summed E-state index contributed by atoms with van der Waals surface area (Å²) in [6.07, 6.45) is 3.53. The van der Waals surface area contributed by atoms with Crippen molar-refractivity contribution in [2.75, 3.05) is 4.90 Å². The summed E-state index contributed by atoms with van der Waals surface area (Å²) in [5, 5.41) is 2.66. The van der Waals surface area contributed by atoms with Crippen molar-refractivity contribution in [1.82, 2.24) is 4.57 Å². The van der Waals surface area contributed by atoms with E-state index >= 15 is 0 Å². The number of fused-ring (bicyclic) bond motifs is 11. The zero-order valence-corrected chi connectivity index (χ0v) is 40.6. The van der Waals surface area contributed by atoms with Crippen molar-refractivity contribution in [2.45, 2.75) is 78.6 Å². The molecule has 0 unspecified atom stereocenters. The molecule has 0 atom stereocenters. The van der Waals surface area contributed by atoms with Crippen molar-refractivity contribution >= 4 is 108 Å². The van der Waals surface area contributed by atoms with E-state index in [1.54, 1.807) is 0 Å². The predicted molar refractivity (Wildman–Crippen MR) is 288 cm³/mol. The molecule has 0 fully saturated rings. The minimum absolute atomic E-state index is 0.109. The number of hydrogen-bond acceptors (Lipinski definition) is 1. The zero-order valence-electron chi connectivity index (χ0n) is 38.4. The molecular formula is C60H51B2IN2. The topological polar surface area (TPSA) is 8.17 Å².